The van der Waals surface area contributed by atoms with Crippen LogP contribution in [0.2, 0.25) is 0 Å². The van der Waals surface area contributed by atoms with Crippen LogP contribution >= 0.6 is 12.4 Å². The van der Waals surface area contributed by atoms with Crippen LogP contribution in [0.15, 0.2) is 29.2 Å². The largest absolute Gasteiger partial charge is 0.366 e. The van der Waals surface area contributed by atoms with E-state index in [1.165, 1.54) is 28.6 Å². The van der Waals surface area contributed by atoms with Crippen LogP contribution in [0, 0.1) is 0 Å². The van der Waals surface area contributed by atoms with Crippen molar-refractivity contribution in [2.24, 2.45) is 5.73 Å². The first kappa shape index (κ1) is 16.9. The Morgan fingerprint density at radius 1 is 1.15 bits per heavy atom. The van der Waals surface area contributed by atoms with Crippen molar-refractivity contribution in [3.63, 3.8) is 0 Å². The third kappa shape index (κ3) is 3.69. The number of sulfonamides is 1. The Labute approximate surface area is 124 Å². The van der Waals surface area contributed by atoms with Gasteiger partial charge in [-0.3, -0.25) is 4.79 Å². The predicted molar refractivity (Wildman–Crippen MR) is 78.5 cm³/mol. The lowest BCUT2D eigenvalue weighted by molar-refractivity contribution is 0.1000. The van der Waals surface area contributed by atoms with Crippen LogP contribution in [0.1, 0.15) is 16.8 Å². The fourth-order valence-electron chi connectivity index (χ4n) is 2.00. The van der Waals surface area contributed by atoms with Crippen molar-refractivity contribution >= 4 is 28.3 Å². The van der Waals surface area contributed by atoms with Gasteiger partial charge in [-0.1, -0.05) is 0 Å². The first-order valence-electron chi connectivity index (χ1n) is 6.12. The van der Waals surface area contributed by atoms with Gasteiger partial charge < -0.3 is 11.1 Å². The summed E-state index contributed by atoms with van der Waals surface area (Å²) in [6.45, 7) is 2.44. The van der Waals surface area contributed by atoms with E-state index in [4.69, 9.17) is 5.73 Å². The van der Waals surface area contributed by atoms with Gasteiger partial charge in [0.05, 0.1) is 4.90 Å². The van der Waals surface area contributed by atoms with E-state index in [9.17, 15) is 13.2 Å². The number of primary amides is 1. The van der Waals surface area contributed by atoms with Gasteiger partial charge in [-0.05, 0) is 37.2 Å². The van der Waals surface area contributed by atoms with Gasteiger partial charge in [0.15, 0.2) is 0 Å². The Kier molecular flexibility index (Phi) is 5.94. The van der Waals surface area contributed by atoms with Gasteiger partial charge >= 0.3 is 0 Å². The molecule has 0 spiro atoms. The van der Waals surface area contributed by atoms with Gasteiger partial charge in [0.1, 0.15) is 0 Å². The minimum absolute atomic E-state index is 0. The molecule has 0 saturated carbocycles. The Balaban J connectivity index is 0.00000200. The van der Waals surface area contributed by atoms with Gasteiger partial charge in [0.25, 0.3) is 0 Å². The Hall–Kier alpha value is -1.15. The van der Waals surface area contributed by atoms with Gasteiger partial charge in [-0.15, -0.1) is 12.4 Å². The van der Waals surface area contributed by atoms with E-state index < -0.39 is 15.9 Å². The molecule has 2 rings (SSSR count). The highest BCUT2D eigenvalue weighted by molar-refractivity contribution is 7.89. The molecule has 0 aromatic heterocycles. The quantitative estimate of drug-likeness (QED) is 0.832. The summed E-state index contributed by atoms with van der Waals surface area (Å²) in [5.74, 6) is -0.567. The van der Waals surface area contributed by atoms with Gasteiger partial charge in [0.2, 0.25) is 15.9 Å². The zero-order valence-corrected chi connectivity index (χ0v) is 12.5. The highest BCUT2D eigenvalue weighted by Gasteiger charge is 2.24. The molecular formula is C12H18ClN3O3S. The maximum atomic E-state index is 12.4. The second-order valence-corrected chi connectivity index (χ2v) is 6.33. The standard InChI is InChI=1S/C12H17N3O3S.ClH/c13-12(16)10-2-4-11(5-3-10)19(17,18)15-8-1-6-14-7-9-15;/h2-5,14H,1,6-9H2,(H2,13,16);1H. The van der Waals surface area contributed by atoms with Gasteiger partial charge in [0, 0.05) is 25.2 Å². The lowest BCUT2D eigenvalue weighted by Gasteiger charge is -2.19. The minimum Gasteiger partial charge on any atom is -0.366 e. The van der Waals surface area contributed by atoms with Gasteiger partial charge in [-0.2, -0.15) is 4.31 Å². The second kappa shape index (κ2) is 7.03. The van der Waals surface area contributed by atoms with Crippen molar-refractivity contribution in [3.05, 3.63) is 29.8 Å². The lowest BCUT2D eigenvalue weighted by atomic mass is 10.2. The first-order valence-corrected chi connectivity index (χ1v) is 7.56. The fourth-order valence-corrected chi connectivity index (χ4v) is 3.48. The number of amides is 1. The topological polar surface area (TPSA) is 92.5 Å². The summed E-state index contributed by atoms with van der Waals surface area (Å²) in [6, 6.07) is 5.72. The molecule has 0 aliphatic carbocycles. The number of nitrogens with zero attached hydrogens (tertiary/aromatic N) is 1. The molecule has 1 aromatic rings. The molecule has 3 N–H and O–H groups in total. The monoisotopic (exact) mass is 319 g/mol. The molecule has 6 nitrogen and oxygen atoms in total. The molecule has 0 radical (unpaired) electrons. The Bertz CT molecular complexity index is 552. The summed E-state index contributed by atoms with van der Waals surface area (Å²) in [6.07, 6.45) is 0.790. The lowest BCUT2D eigenvalue weighted by Crippen LogP contribution is -2.34. The van der Waals surface area contributed by atoms with Crippen molar-refractivity contribution in [1.82, 2.24) is 9.62 Å². The van der Waals surface area contributed by atoms with E-state index in [1.54, 1.807) is 0 Å². The van der Waals surface area contributed by atoms with E-state index >= 15 is 0 Å². The molecule has 0 bridgehead atoms. The third-order valence-corrected chi connectivity index (χ3v) is 4.99. The molecule has 0 unspecified atom stereocenters. The van der Waals surface area contributed by atoms with E-state index in [1.807, 2.05) is 0 Å². The summed E-state index contributed by atoms with van der Waals surface area (Å²) in [7, 11) is -3.49. The van der Waals surface area contributed by atoms with Crippen LogP contribution < -0.4 is 11.1 Å². The van der Waals surface area contributed by atoms with Crippen molar-refractivity contribution in [1.29, 1.82) is 0 Å². The van der Waals surface area contributed by atoms with Crippen LogP contribution in [-0.4, -0.2) is 44.8 Å². The fraction of sp³-hybridized carbons (Fsp3) is 0.417. The highest BCUT2D eigenvalue weighted by Crippen LogP contribution is 2.17. The van der Waals surface area contributed by atoms with E-state index in [0.29, 0.717) is 25.2 Å². The summed E-state index contributed by atoms with van der Waals surface area (Å²) in [5, 5.41) is 3.16. The number of hydrogen-bond donors (Lipinski definition) is 2. The van der Waals surface area contributed by atoms with E-state index in [-0.39, 0.29) is 17.3 Å². The highest BCUT2D eigenvalue weighted by atomic mass is 35.5. The molecule has 112 valence electrons. The number of nitrogens with one attached hydrogen (secondary N) is 1. The second-order valence-electron chi connectivity index (χ2n) is 4.40. The van der Waals surface area contributed by atoms with Crippen LogP contribution in [-0.2, 0) is 10.0 Å². The van der Waals surface area contributed by atoms with Crippen molar-refractivity contribution in [2.45, 2.75) is 11.3 Å². The van der Waals surface area contributed by atoms with Gasteiger partial charge in [-0.25, -0.2) is 8.42 Å². The normalized spacial score (nSPS) is 17.0. The number of carbonyl (C=O) groups excluding carboxylic acids is 1. The van der Waals surface area contributed by atoms with Crippen LogP contribution in [0.25, 0.3) is 0 Å². The van der Waals surface area contributed by atoms with Crippen molar-refractivity contribution < 1.29 is 13.2 Å². The maximum absolute atomic E-state index is 12.4. The summed E-state index contributed by atoms with van der Waals surface area (Å²) in [4.78, 5) is 11.2. The number of benzene rings is 1. The average molecular weight is 320 g/mol. The molecular weight excluding hydrogens is 302 g/mol. The molecule has 1 aliphatic heterocycles. The number of halogens is 1. The summed E-state index contributed by atoms with van der Waals surface area (Å²) < 4.78 is 26.3. The molecule has 1 saturated heterocycles. The number of hydrogen-bond acceptors (Lipinski definition) is 4. The number of carbonyl (C=O) groups is 1. The van der Waals surface area contributed by atoms with Crippen LogP contribution in [0.5, 0.6) is 0 Å². The maximum Gasteiger partial charge on any atom is 0.248 e. The zero-order chi connectivity index (χ0) is 13.9. The predicted octanol–water partition coefficient (Wildman–Crippen LogP) is 0.191. The molecule has 1 heterocycles. The molecule has 0 atom stereocenters. The molecule has 1 amide bonds. The van der Waals surface area contributed by atoms with E-state index in [2.05, 4.69) is 5.32 Å². The Morgan fingerprint density at radius 2 is 1.80 bits per heavy atom. The number of nitrogens with two attached hydrogens (primary N) is 1. The molecule has 20 heavy (non-hydrogen) atoms. The average Bonchev–Trinajstić information content (AvgIpc) is 2.68. The van der Waals surface area contributed by atoms with Crippen LogP contribution in [0.3, 0.4) is 0 Å². The first-order chi connectivity index (χ1) is 9.01. The summed E-state index contributed by atoms with van der Waals surface area (Å²) in [5.41, 5.74) is 5.43. The number of rotatable bonds is 3. The van der Waals surface area contributed by atoms with Crippen molar-refractivity contribution in [2.75, 3.05) is 26.2 Å². The molecule has 1 aromatic carbocycles. The zero-order valence-electron chi connectivity index (χ0n) is 10.9. The van der Waals surface area contributed by atoms with Crippen LogP contribution in [0.4, 0.5) is 0 Å². The van der Waals surface area contributed by atoms with Crippen molar-refractivity contribution in [3.8, 4) is 0 Å². The SMILES string of the molecule is Cl.NC(=O)c1ccc(S(=O)(=O)N2CCCNCC2)cc1. The Morgan fingerprint density at radius 3 is 2.40 bits per heavy atom. The van der Waals surface area contributed by atoms with E-state index in [0.717, 1.165) is 13.0 Å². The third-order valence-electron chi connectivity index (χ3n) is 3.08. The molecule has 1 aliphatic rings. The minimum atomic E-state index is -3.49. The molecule has 1 fully saturated rings. The summed E-state index contributed by atoms with van der Waals surface area (Å²) >= 11 is 0. The molecule has 8 heteroatoms. The smallest absolute Gasteiger partial charge is 0.248 e.